The lowest BCUT2D eigenvalue weighted by Crippen LogP contribution is -2.05. The maximum atomic E-state index is 2.26. The second-order valence-corrected chi connectivity index (χ2v) is 5.56. The van der Waals surface area contributed by atoms with E-state index in [0.717, 1.165) is 6.42 Å². The lowest BCUT2D eigenvalue weighted by Gasteiger charge is -2.18. The summed E-state index contributed by atoms with van der Waals surface area (Å²) in [5.74, 6) is 0.411. The van der Waals surface area contributed by atoms with Crippen LogP contribution in [0.5, 0.6) is 0 Å². The van der Waals surface area contributed by atoms with Gasteiger partial charge in [0.2, 0.25) is 0 Å². The van der Waals surface area contributed by atoms with Crippen molar-refractivity contribution < 1.29 is 0 Å². The van der Waals surface area contributed by atoms with Crippen LogP contribution in [0.4, 0.5) is 0 Å². The molecule has 3 aromatic carbocycles. The zero-order chi connectivity index (χ0) is 14.5. The number of hydrogen-bond donors (Lipinski definition) is 0. The van der Waals surface area contributed by atoms with Gasteiger partial charge in [0, 0.05) is 5.92 Å². The fourth-order valence-electron chi connectivity index (χ4n) is 2.76. The highest BCUT2D eigenvalue weighted by Crippen LogP contribution is 2.28. The molecular weight excluding hydrogens is 255 g/mol. The van der Waals surface area contributed by atoms with Crippen molar-refractivity contribution in [3.05, 3.63) is 107 Å². The molecule has 0 saturated heterocycles. The number of hydrogen-bond acceptors (Lipinski definition) is 0. The Balaban J connectivity index is 1.97. The Morgan fingerprint density at radius 3 is 1.76 bits per heavy atom. The van der Waals surface area contributed by atoms with Crippen LogP contribution in [-0.2, 0) is 6.42 Å². The number of benzene rings is 3. The SMILES string of the molecule is [13CH3]c1ccc([13CH]([13CH2]c2ccccc2)c2ccccc2)cc1. The molecule has 104 valence electrons. The molecular formula is C21H20. The van der Waals surface area contributed by atoms with E-state index in [-0.39, 0.29) is 0 Å². The minimum absolute atomic E-state index is 0.411. The molecule has 0 aliphatic heterocycles. The van der Waals surface area contributed by atoms with Gasteiger partial charge in [0.25, 0.3) is 0 Å². The molecule has 0 heterocycles. The number of rotatable bonds is 4. The smallest absolute Gasteiger partial charge is 0.0130 e. The largest absolute Gasteiger partial charge is 0.0622 e. The van der Waals surface area contributed by atoms with Crippen molar-refractivity contribution in [3.63, 3.8) is 0 Å². The van der Waals surface area contributed by atoms with Crippen LogP contribution in [0.15, 0.2) is 84.9 Å². The summed E-state index contributed by atoms with van der Waals surface area (Å²) in [5, 5.41) is 0. The molecule has 0 fully saturated rings. The van der Waals surface area contributed by atoms with Crippen molar-refractivity contribution in [1.29, 1.82) is 0 Å². The molecule has 0 amide bonds. The van der Waals surface area contributed by atoms with Gasteiger partial charge in [-0.25, -0.2) is 0 Å². The summed E-state index contributed by atoms with van der Waals surface area (Å²) >= 11 is 0. The van der Waals surface area contributed by atoms with Crippen LogP contribution in [-0.4, -0.2) is 0 Å². The molecule has 0 spiro atoms. The van der Waals surface area contributed by atoms with Crippen LogP contribution >= 0.6 is 0 Å². The third kappa shape index (κ3) is 3.41. The zero-order valence-corrected chi connectivity index (χ0v) is 12.4. The molecule has 0 nitrogen and oxygen atoms in total. The second kappa shape index (κ2) is 6.41. The second-order valence-electron chi connectivity index (χ2n) is 5.56. The summed E-state index contributed by atoms with van der Waals surface area (Å²) in [6.45, 7) is 2.14. The maximum Gasteiger partial charge on any atom is 0.0130 e. The van der Waals surface area contributed by atoms with Gasteiger partial charge in [0.15, 0.2) is 0 Å². The Bertz CT molecular complexity index is 666. The highest BCUT2D eigenvalue weighted by molar-refractivity contribution is 5.36. The first-order chi connectivity index (χ1) is 10.3. The van der Waals surface area contributed by atoms with Crippen LogP contribution in [0, 0.1) is 6.92 Å². The van der Waals surface area contributed by atoms with Crippen LogP contribution in [0.2, 0.25) is 0 Å². The first kappa shape index (κ1) is 13.6. The average Bonchev–Trinajstić information content (AvgIpc) is 2.55. The zero-order valence-electron chi connectivity index (χ0n) is 12.4. The summed E-state index contributed by atoms with van der Waals surface area (Å²) in [6, 6.07) is 30.5. The maximum absolute atomic E-state index is 2.26. The molecule has 1 unspecified atom stereocenters. The van der Waals surface area contributed by atoms with Gasteiger partial charge in [-0.2, -0.15) is 0 Å². The van der Waals surface area contributed by atoms with E-state index in [1.165, 1.54) is 22.3 Å². The summed E-state index contributed by atoms with van der Waals surface area (Å²) in [6.07, 6.45) is 1.04. The van der Waals surface area contributed by atoms with Crippen molar-refractivity contribution in [2.24, 2.45) is 0 Å². The standard InChI is InChI=1S/C21H20/c1-17-12-14-20(15-13-17)21(19-10-6-3-7-11-19)16-18-8-4-2-5-9-18/h2-15,21H,16H2,1H3/i1+1,16+1,21+1. The molecule has 3 aromatic rings. The molecule has 0 N–H and O–H groups in total. The predicted octanol–water partition coefficient (Wildman–Crippen LogP) is 5.37. The Hall–Kier alpha value is -2.34. The van der Waals surface area contributed by atoms with Crippen molar-refractivity contribution >= 4 is 0 Å². The van der Waals surface area contributed by atoms with Crippen molar-refractivity contribution in [2.75, 3.05) is 0 Å². The molecule has 0 bridgehead atoms. The first-order valence-corrected chi connectivity index (χ1v) is 7.48. The quantitative estimate of drug-likeness (QED) is 0.561. The Kier molecular flexibility index (Phi) is 4.16. The van der Waals surface area contributed by atoms with Gasteiger partial charge in [-0.15, -0.1) is 0 Å². The van der Waals surface area contributed by atoms with Gasteiger partial charge < -0.3 is 0 Å². The van der Waals surface area contributed by atoms with Gasteiger partial charge in [-0.3, -0.25) is 0 Å². The molecule has 1 atom stereocenters. The molecule has 0 aliphatic carbocycles. The molecule has 0 heteroatoms. The summed E-state index contributed by atoms with van der Waals surface area (Å²) in [5.41, 5.74) is 5.46. The van der Waals surface area contributed by atoms with E-state index in [4.69, 9.17) is 0 Å². The van der Waals surface area contributed by atoms with Crippen molar-refractivity contribution in [3.8, 4) is 0 Å². The van der Waals surface area contributed by atoms with Crippen LogP contribution in [0.3, 0.4) is 0 Å². The van der Waals surface area contributed by atoms with Crippen molar-refractivity contribution in [2.45, 2.75) is 19.3 Å². The van der Waals surface area contributed by atoms with Gasteiger partial charge in [-0.1, -0.05) is 90.5 Å². The fourth-order valence-corrected chi connectivity index (χ4v) is 2.76. The van der Waals surface area contributed by atoms with Gasteiger partial charge in [0.05, 0.1) is 0 Å². The molecule has 3 rings (SSSR count). The summed E-state index contributed by atoms with van der Waals surface area (Å²) in [4.78, 5) is 0. The Morgan fingerprint density at radius 1 is 0.619 bits per heavy atom. The third-order valence-corrected chi connectivity index (χ3v) is 3.96. The van der Waals surface area contributed by atoms with E-state index in [1.807, 2.05) is 0 Å². The van der Waals surface area contributed by atoms with Crippen LogP contribution < -0.4 is 0 Å². The number of aryl methyl sites for hydroxylation is 1. The molecule has 0 aromatic heterocycles. The molecule has 0 radical (unpaired) electrons. The minimum Gasteiger partial charge on any atom is -0.0622 e. The Morgan fingerprint density at radius 2 is 1.14 bits per heavy atom. The molecule has 0 saturated carbocycles. The van der Waals surface area contributed by atoms with E-state index in [2.05, 4.69) is 91.9 Å². The predicted molar refractivity (Wildman–Crippen MR) is 89.6 cm³/mol. The van der Waals surface area contributed by atoms with E-state index >= 15 is 0 Å². The lowest BCUT2D eigenvalue weighted by atomic mass is 10.1. The fraction of sp³-hybridized carbons (Fsp3) is 0.143. The minimum atomic E-state index is 0.411. The highest BCUT2D eigenvalue weighted by atomic mass is 14.7. The van der Waals surface area contributed by atoms with E-state index in [1.54, 1.807) is 0 Å². The molecule has 21 heavy (non-hydrogen) atoms. The average molecular weight is 275 g/mol. The summed E-state index contributed by atoms with van der Waals surface area (Å²) in [7, 11) is 0. The van der Waals surface area contributed by atoms with Crippen molar-refractivity contribution in [1.82, 2.24) is 0 Å². The monoisotopic (exact) mass is 275 g/mol. The Labute approximate surface area is 127 Å². The van der Waals surface area contributed by atoms with Gasteiger partial charge in [0.1, 0.15) is 0 Å². The van der Waals surface area contributed by atoms with Crippen LogP contribution in [0.1, 0.15) is 28.2 Å². The van der Waals surface area contributed by atoms with Gasteiger partial charge >= 0.3 is 0 Å². The normalized spacial score (nSPS) is 12.0. The van der Waals surface area contributed by atoms with Gasteiger partial charge in [-0.05, 0) is 30.0 Å². The van der Waals surface area contributed by atoms with E-state index in [9.17, 15) is 0 Å². The summed E-state index contributed by atoms with van der Waals surface area (Å²) < 4.78 is 0. The topological polar surface area (TPSA) is 0 Å². The van der Waals surface area contributed by atoms with Crippen LogP contribution in [0.25, 0.3) is 0 Å². The van der Waals surface area contributed by atoms with E-state index < -0.39 is 0 Å². The third-order valence-electron chi connectivity index (χ3n) is 3.96. The van der Waals surface area contributed by atoms with E-state index in [0.29, 0.717) is 5.92 Å². The first-order valence-electron chi connectivity index (χ1n) is 7.48. The lowest BCUT2D eigenvalue weighted by molar-refractivity contribution is 0.805. The molecule has 0 aliphatic rings. The highest BCUT2D eigenvalue weighted by Gasteiger charge is 2.14.